The van der Waals surface area contributed by atoms with Crippen LogP contribution in [0.15, 0.2) is 54.6 Å². The van der Waals surface area contributed by atoms with Crippen molar-refractivity contribution in [1.29, 1.82) is 0 Å². The molecule has 5 heteroatoms. The predicted octanol–water partition coefficient (Wildman–Crippen LogP) is 3.72. The quantitative estimate of drug-likeness (QED) is 0.472. The van der Waals surface area contributed by atoms with Crippen molar-refractivity contribution in [3.8, 4) is 0 Å². The van der Waals surface area contributed by atoms with Gasteiger partial charge in [0.05, 0.1) is 0 Å². The molecule has 0 aliphatic carbocycles. The number of rotatable bonds is 6. The molecular weight excluding hydrogens is 331 g/mol. The SMILES string of the molecule is O=C(C=Cc1ccc([C@@H]2CCCN2CCc2ccc(F)cc2)cc1)NO. The van der Waals surface area contributed by atoms with Gasteiger partial charge in [-0.3, -0.25) is 14.9 Å². The van der Waals surface area contributed by atoms with Gasteiger partial charge in [-0.2, -0.15) is 0 Å². The summed E-state index contributed by atoms with van der Waals surface area (Å²) < 4.78 is 13.0. The highest BCUT2D eigenvalue weighted by molar-refractivity contribution is 5.90. The van der Waals surface area contributed by atoms with Gasteiger partial charge in [0.25, 0.3) is 5.91 Å². The van der Waals surface area contributed by atoms with E-state index in [0.29, 0.717) is 6.04 Å². The van der Waals surface area contributed by atoms with Crippen molar-refractivity contribution in [1.82, 2.24) is 10.4 Å². The Kier molecular flexibility index (Phi) is 6.15. The van der Waals surface area contributed by atoms with E-state index < -0.39 is 5.91 Å². The lowest BCUT2D eigenvalue weighted by atomic mass is 10.0. The van der Waals surface area contributed by atoms with E-state index in [1.54, 1.807) is 11.6 Å². The number of likely N-dealkylation sites (tertiary alicyclic amines) is 1. The van der Waals surface area contributed by atoms with Gasteiger partial charge in [0.15, 0.2) is 0 Å². The van der Waals surface area contributed by atoms with Crippen LogP contribution in [-0.4, -0.2) is 29.1 Å². The Morgan fingerprint density at radius 2 is 1.92 bits per heavy atom. The standard InChI is InChI=1S/C21H23FN2O2/c22-19-10-5-17(6-11-19)13-15-24-14-1-2-20(24)18-8-3-16(4-9-18)7-12-21(25)23-26/h3-12,20,26H,1-2,13-15H2,(H,23,25)/t20-/m0/s1. The van der Waals surface area contributed by atoms with Gasteiger partial charge >= 0.3 is 0 Å². The molecule has 0 spiro atoms. The number of hydrogen-bond donors (Lipinski definition) is 2. The van der Waals surface area contributed by atoms with Gasteiger partial charge < -0.3 is 0 Å². The largest absolute Gasteiger partial charge is 0.296 e. The van der Waals surface area contributed by atoms with E-state index >= 15 is 0 Å². The zero-order valence-corrected chi connectivity index (χ0v) is 14.6. The molecular formula is C21H23FN2O2. The number of amides is 1. The molecule has 136 valence electrons. The molecule has 2 aromatic rings. The molecule has 0 radical (unpaired) electrons. The number of benzene rings is 2. The third-order valence-electron chi connectivity index (χ3n) is 4.82. The minimum Gasteiger partial charge on any atom is -0.296 e. The minimum absolute atomic E-state index is 0.196. The van der Waals surface area contributed by atoms with Crippen molar-refractivity contribution in [3.05, 3.63) is 77.1 Å². The predicted molar refractivity (Wildman–Crippen MR) is 99.1 cm³/mol. The number of hydrogen-bond acceptors (Lipinski definition) is 3. The van der Waals surface area contributed by atoms with Crippen molar-refractivity contribution >= 4 is 12.0 Å². The van der Waals surface area contributed by atoms with Crippen molar-refractivity contribution in [3.63, 3.8) is 0 Å². The Morgan fingerprint density at radius 1 is 1.19 bits per heavy atom. The van der Waals surface area contributed by atoms with Crippen LogP contribution in [0.1, 0.15) is 35.6 Å². The summed E-state index contributed by atoms with van der Waals surface area (Å²) in [5, 5.41) is 8.50. The lowest BCUT2D eigenvalue weighted by Crippen LogP contribution is -2.25. The van der Waals surface area contributed by atoms with Gasteiger partial charge in [0.1, 0.15) is 5.82 Å². The molecule has 0 unspecified atom stereocenters. The van der Waals surface area contributed by atoms with Gasteiger partial charge in [0.2, 0.25) is 0 Å². The van der Waals surface area contributed by atoms with E-state index in [-0.39, 0.29) is 5.82 Å². The molecule has 1 aliphatic heterocycles. The van der Waals surface area contributed by atoms with Crippen LogP contribution in [-0.2, 0) is 11.2 Å². The van der Waals surface area contributed by atoms with Crippen molar-refractivity contribution in [2.24, 2.45) is 0 Å². The van der Waals surface area contributed by atoms with Crippen molar-refractivity contribution < 1.29 is 14.4 Å². The first kappa shape index (κ1) is 18.3. The average molecular weight is 354 g/mol. The minimum atomic E-state index is -0.545. The Balaban J connectivity index is 1.61. The zero-order chi connectivity index (χ0) is 18.4. The summed E-state index contributed by atoms with van der Waals surface area (Å²) in [6.07, 6.45) is 6.17. The highest BCUT2D eigenvalue weighted by Gasteiger charge is 2.25. The monoisotopic (exact) mass is 354 g/mol. The summed E-state index contributed by atoms with van der Waals surface area (Å²) in [6, 6.07) is 15.3. The summed E-state index contributed by atoms with van der Waals surface area (Å²) in [4.78, 5) is 13.5. The van der Waals surface area contributed by atoms with E-state index in [2.05, 4.69) is 17.0 Å². The summed E-state index contributed by atoms with van der Waals surface area (Å²) in [6.45, 7) is 2.03. The first-order valence-electron chi connectivity index (χ1n) is 8.86. The smallest absolute Gasteiger partial charge is 0.267 e. The zero-order valence-electron chi connectivity index (χ0n) is 14.6. The fourth-order valence-electron chi connectivity index (χ4n) is 3.43. The van der Waals surface area contributed by atoms with Crippen molar-refractivity contribution in [2.75, 3.05) is 13.1 Å². The number of carbonyl (C=O) groups excluding carboxylic acids is 1. The van der Waals surface area contributed by atoms with E-state index in [4.69, 9.17) is 5.21 Å². The van der Waals surface area contributed by atoms with Gasteiger partial charge in [-0.25, -0.2) is 9.87 Å². The highest BCUT2D eigenvalue weighted by atomic mass is 19.1. The van der Waals surface area contributed by atoms with Gasteiger partial charge in [-0.15, -0.1) is 0 Å². The second-order valence-corrected chi connectivity index (χ2v) is 6.55. The third-order valence-corrected chi connectivity index (χ3v) is 4.82. The molecule has 1 heterocycles. The fraction of sp³-hybridized carbons (Fsp3) is 0.286. The van der Waals surface area contributed by atoms with Gasteiger partial charge in [-0.05, 0) is 60.7 Å². The maximum Gasteiger partial charge on any atom is 0.267 e. The van der Waals surface area contributed by atoms with E-state index in [1.807, 2.05) is 24.3 Å². The molecule has 2 N–H and O–H groups in total. The Morgan fingerprint density at radius 3 is 2.62 bits per heavy atom. The normalized spacial score (nSPS) is 17.7. The van der Waals surface area contributed by atoms with E-state index in [1.165, 1.54) is 30.2 Å². The Labute approximate surface area is 152 Å². The molecule has 26 heavy (non-hydrogen) atoms. The van der Waals surface area contributed by atoms with Crippen LogP contribution >= 0.6 is 0 Å². The number of hydroxylamine groups is 1. The number of nitrogens with zero attached hydrogens (tertiary/aromatic N) is 1. The molecule has 1 fully saturated rings. The Bertz CT molecular complexity index is 757. The molecule has 2 aromatic carbocycles. The van der Waals surface area contributed by atoms with Crippen LogP contribution in [0.25, 0.3) is 6.08 Å². The summed E-state index contributed by atoms with van der Waals surface area (Å²) in [5.41, 5.74) is 4.91. The maximum atomic E-state index is 13.0. The number of carbonyl (C=O) groups is 1. The molecule has 1 aliphatic rings. The first-order chi connectivity index (χ1) is 12.7. The Hall–Kier alpha value is -2.50. The second kappa shape index (κ2) is 8.74. The molecule has 0 bridgehead atoms. The number of nitrogens with one attached hydrogen (secondary N) is 1. The van der Waals surface area contributed by atoms with Crippen LogP contribution in [0.3, 0.4) is 0 Å². The number of halogens is 1. The molecule has 1 saturated heterocycles. The molecule has 1 amide bonds. The third kappa shape index (κ3) is 4.77. The topological polar surface area (TPSA) is 52.6 Å². The molecule has 4 nitrogen and oxygen atoms in total. The first-order valence-corrected chi connectivity index (χ1v) is 8.86. The fourth-order valence-corrected chi connectivity index (χ4v) is 3.43. The van der Waals surface area contributed by atoms with Gasteiger partial charge in [0, 0.05) is 18.7 Å². The molecule has 0 aromatic heterocycles. The highest BCUT2D eigenvalue weighted by Crippen LogP contribution is 2.32. The second-order valence-electron chi connectivity index (χ2n) is 6.55. The lowest BCUT2D eigenvalue weighted by Gasteiger charge is -2.25. The van der Waals surface area contributed by atoms with Crippen LogP contribution in [0.4, 0.5) is 4.39 Å². The van der Waals surface area contributed by atoms with Crippen LogP contribution < -0.4 is 5.48 Å². The molecule has 1 atom stereocenters. The average Bonchev–Trinajstić information content (AvgIpc) is 3.14. The lowest BCUT2D eigenvalue weighted by molar-refractivity contribution is -0.124. The maximum absolute atomic E-state index is 13.0. The summed E-state index contributed by atoms with van der Waals surface area (Å²) >= 11 is 0. The summed E-state index contributed by atoms with van der Waals surface area (Å²) in [5.74, 6) is -0.741. The molecule has 3 rings (SSSR count). The van der Waals surface area contributed by atoms with Crippen molar-refractivity contribution in [2.45, 2.75) is 25.3 Å². The van der Waals surface area contributed by atoms with Crippen LogP contribution in [0, 0.1) is 5.82 Å². The molecule has 0 saturated carbocycles. The van der Waals surface area contributed by atoms with E-state index in [9.17, 15) is 9.18 Å². The van der Waals surface area contributed by atoms with Crippen LogP contribution in [0.2, 0.25) is 0 Å². The summed E-state index contributed by atoms with van der Waals surface area (Å²) in [7, 11) is 0. The van der Waals surface area contributed by atoms with Crippen LogP contribution in [0.5, 0.6) is 0 Å². The van der Waals surface area contributed by atoms with Gasteiger partial charge in [-0.1, -0.05) is 36.4 Å². The van der Waals surface area contributed by atoms with E-state index in [0.717, 1.165) is 37.1 Å².